The number of rotatable bonds is 9. The van der Waals surface area contributed by atoms with Crippen LogP contribution in [0.1, 0.15) is 16.8 Å². The second kappa shape index (κ2) is 9.88. The molecule has 0 aromatic heterocycles. The van der Waals surface area contributed by atoms with E-state index in [-0.39, 0.29) is 17.4 Å². The average Bonchev–Trinajstić information content (AvgIpc) is 2.62. The summed E-state index contributed by atoms with van der Waals surface area (Å²) in [6.45, 7) is -2.42. The van der Waals surface area contributed by atoms with Crippen LogP contribution in [0.25, 0.3) is 0 Å². The number of alkyl halides is 2. The standard InChI is InChI=1S/C18H19F2NO3S/c1-23-16-12-13(8-9-15(16)24-18(19)20)17(22)21-10-5-11-25-14-6-3-2-4-7-14/h2-4,6-9,12,18H,5,10-11H2,1H3,(H,21,22). The van der Waals surface area contributed by atoms with Gasteiger partial charge in [0.1, 0.15) is 0 Å². The Morgan fingerprint density at radius 2 is 1.92 bits per heavy atom. The Morgan fingerprint density at radius 3 is 2.60 bits per heavy atom. The third-order valence-corrected chi connectivity index (χ3v) is 4.36. The molecule has 0 heterocycles. The summed E-state index contributed by atoms with van der Waals surface area (Å²) in [6, 6.07) is 14.1. The Balaban J connectivity index is 1.80. The van der Waals surface area contributed by atoms with E-state index in [4.69, 9.17) is 4.74 Å². The van der Waals surface area contributed by atoms with E-state index < -0.39 is 6.61 Å². The summed E-state index contributed by atoms with van der Waals surface area (Å²) in [7, 11) is 1.33. The highest BCUT2D eigenvalue weighted by Crippen LogP contribution is 2.29. The molecule has 1 N–H and O–H groups in total. The molecule has 0 aliphatic heterocycles. The molecule has 0 saturated carbocycles. The zero-order chi connectivity index (χ0) is 18.1. The number of benzene rings is 2. The summed E-state index contributed by atoms with van der Waals surface area (Å²) in [5.41, 5.74) is 0.328. The highest BCUT2D eigenvalue weighted by Gasteiger charge is 2.13. The number of methoxy groups -OCH3 is 1. The minimum Gasteiger partial charge on any atom is -0.493 e. The van der Waals surface area contributed by atoms with Gasteiger partial charge in [-0.1, -0.05) is 18.2 Å². The quantitative estimate of drug-likeness (QED) is 0.533. The summed E-state index contributed by atoms with van der Waals surface area (Å²) in [5, 5.41) is 2.80. The number of carbonyl (C=O) groups is 1. The van der Waals surface area contributed by atoms with E-state index in [1.807, 2.05) is 30.3 Å². The maximum absolute atomic E-state index is 12.3. The van der Waals surface area contributed by atoms with Crippen molar-refractivity contribution in [1.29, 1.82) is 0 Å². The molecule has 2 aromatic carbocycles. The monoisotopic (exact) mass is 367 g/mol. The van der Waals surface area contributed by atoms with Gasteiger partial charge in [0, 0.05) is 17.0 Å². The Labute approximate surface area is 149 Å². The van der Waals surface area contributed by atoms with Crippen LogP contribution in [0.4, 0.5) is 8.78 Å². The first-order chi connectivity index (χ1) is 12.1. The fraction of sp³-hybridized carbons (Fsp3) is 0.278. The van der Waals surface area contributed by atoms with Crippen LogP contribution in [0.5, 0.6) is 11.5 Å². The lowest BCUT2D eigenvalue weighted by molar-refractivity contribution is -0.0512. The van der Waals surface area contributed by atoms with Crippen LogP contribution in [0, 0.1) is 0 Å². The number of nitrogens with one attached hydrogen (secondary N) is 1. The number of hydrogen-bond donors (Lipinski definition) is 1. The highest BCUT2D eigenvalue weighted by molar-refractivity contribution is 7.99. The molecule has 25 heavy (non-hydrogen) atoms. The minimum absolute atomic E-state index is 0.0904. The molecule has 0 unspecified atom stereocenters. The van der Waals surface area contributed by atoms with Gasteiger partial charge in [-0.3, -0.25) is 4.79 Å². The molecule has 0 aliphatic rings. The number of thioether (sulfide) groups is 1. The van der Waals surface area contributed by atoms with Gasteiger partial charge in [0.25, 0.3) is 5.91 Å². The number of ether oxygens (including phenoxy) is 2. The molecule has 0 atom stereocenters. The second-order valence-corrected chi connectivity index (χ2v) is 6.18. The van der Waals surface area contributed by atoms with Crippen molar-refractivity contribution < 1.29 is 23.0 Å². The van der Waals surface area contributed by atoms with Crippen molar-refractivity contribution in [3.8, 4) is 11.5 Å². The Bertz CT molecular complexity index is 683. The van der Waals surface area contributed by atoms with E-state index >= 15 is 0 Å². The van der Waals surface area contributed by atoms with Gasteiger partial charge < -0.3 is 14.8 Å². The predicted molar refractivity (Wildman–Crippen MR) is 93.7 cm³/mol. The SMILES string of the molecule is COc1cc(C(=O)NCCCSc2ccccc2)ccc1OC(F)F. The zero-order valence-electron chi connectivity index (χ0n) is 13.7. The highest BCUT2D eigenvalue weighted by atomic mass is 32.2. The Morgan fingerprint density at radius 1 is 1.16 bits per heavy atom. The topological polar surface area (TPSA) is 47.6 Å². The van der Waals surface area contributed by atoms with Crippen molar-refractivity contribution >= 4 is 17.7 Å². The van der Waals surface area contributed by atoms with E-state index in [1.54, 1.807) is 11.8 Å². The first kappa shape index (κ1) is 19.1. The molecule has 0 bridgehead atoms. The summed E-state index contributed by atoms with van der Waals surface area (Å²) in [4.78, 5) is 13.3. The molecular formula is C18H19F2NO3S. The van der Waals surface area contributed by atoms with Gasteiger partial charge in [0.15, 0.2) is 11.5 Å². The van der Waals surface area contributed by atoms with Crippen LogP contribution in [0.3, 0.4) is 0 Å². The van der Waals surface area contributed by atoms with Gasteiger partial charge in [-0.15, -0.1) is 11.8 Å². The van der Waals surface area contributed by atoms with Gasteiger partial charge in [-0.25, -0.2) is 0 Å². The Kier molecular flexibility index (Phi) is 7.53. The molecule has 4 nitrogen and oxygen atoms in total. The van der Waals surface area contributed by atoms with Crippen molar-refractivity contribution in [3.63, 3.8) is 0 Å². The molecule has 2 rings (SSSR count). The van der Waals surface area contributed by atoms with Gasteiger partial charge in [-0.05, 0) is 42.5 Å². The normalized spacial score (nSPS) is 10.6. The maximum Gasteiger partial charge on any atom is 0.387 e. The number of halogens is 2. The molecule has 1 amide bonds. The van der Waals surface area contributed by atoms with Gasteiger partial charge in [-0.2, -0.15) is 8.78 Å². The molecule has 0 radical (unpaired) electrons. The van der Waals surface area contributed by atoms with Crippen LogP contribution >= 0.6 is 11.8 Å². The van der Waals surface area contributed by atoms with E-state index in [0.29, 0.717) is 12.1 Å². The second-order valence-electron chi connectivity index (χ2n) is 5.02. The molecule has 0 saturated heterocycles. The molecule has 0 aliphatic carbocycles. The van der Waals surface area contributed by atoms with Crippen LogP contribution in [0.15, 0.2) is 53.4 Å². The summed E-state index contributed by atoms with van der Waals surface area (Å²) in [6.07, 6.45) is 0.814. The Hall–Kier alpha value is -2.28. The first-order valence-corrected chi connectivity index (χ1v) is 8.67. The summed E-state index contributed by atoms with van der Waals surface area (Å²) < 4.78 is 33.9. The van der Waals surface area contributed by atoms with Crippen LogP contribution in [-0.2, 0) is 0 Å². The molecule has 2 aromatic rings. The van der Waals surface area contributed by atoms with Crippen molar-refractivity contribution in [1.82, 2.24) is 5.32 Å². The molecule has 134 valence electrons. The fourth-order valence-corrected chi connectivity index (χ4v) is 2.96. The van der Waals surface area contributed by atoms with Crippen molar-refractivity contribution in [3.05, 3.63) is 54.1 Å². The van der Waals surface area contributed by atoms with Crippen LogP contribution in [-0.4, -0.2) is 31.9 Å². The van der Waals surface area contributed by atoms with Gasteiger partial charge >= 0.3 is 6.61 Å². The first-order valence-electron chi connectivity index (χ1n) is 7.69. The number of hydrogen-bond acceptors (Lipinski definition) is 4. The predicted octanol–water partition coefficient (Wildman–Crippen LogP) is 4.21. The molecule has 7 heteroatoms. The summed E-state index contributed by atoms with van der Waals surface area (Å²) >= 11 is 1.72. The van der Waals surface area contributed by atoms with Crippen molar-refractivity contribution in [2.24, 2.45) is 0 Å². The third kappa shape index (κ3) is 6.26. The fourth-order valence-electron chi connectivity index (χ4n) is 2.09. The molecule has 0 spiro atoms. The lowest BCUT2D eigenvalue weighted by atomic mass is 10.2. The molecular weight excluding hydrogens is 348 g/mol. The minimum atomic E-state index is -2.95. The van der Waals surface area contributed by atoms with E-state index in [2.05, 4.69) is 10.1 Å². The lowest BCUT2D eigenvalue weighted by Crippen LogP contribution is -2.24. The smallest absolute Gasteiger partial charge is 0.387 e. The largest absolute Gasteiger partial charge is 0.493 e. The van der Waals surface area contributed by atoms with Crippen molar-refractivity contribution in [2.75, 3.05) is 19.4 Å². The average molecular weight is 367 g/mol. The van der Waals surface area contributed by atoms with E-state index in [1.165, 1.54) is 30.2 Å². The van der Waals surface area contributed by atoms with Gasteiger partial charge in [0.05, 0.1) is 7.11 Å². The number of carbonyl (C=O) groups excluding carboxylic acids is 1. The lowest BCUT2D eigenvalue weighted by Gasteiger charge is -2.11. The number of amides is 1. The third-order valence-electron chi connectivity index (χ3n) is 3.26. The van der Waals surface area contributed by atoms with Crippen molar-refractivity contribution in [2.45, 2.75) is 17.9 Å². The van der Waals surface area contributed by atoms with E-state index in [0.717, 1.165) is 12.2 Å². The van der Waals surface area contributed by atoms with Crippen LogP contribution < -0.4 is 14.8 Å². The maximum atomic E-state index is 12.3. The molecule has 0 fully saturated rings. The zero-order valence-corrected chi connectivity index (χ0v) is 14.5. The van der Waals surface area contributed by atoms with E-state index in [9.17, 15) is 13.6 Å². The van der Waals surface area contributed by atoms with Gasteiger partial charge in [0.2, 0.25) is 0 Å². The van der Waals surface area contributed by atoms with Crippen LogP contribution in [0.2, 0.25) is 0 Å². The summed E-state index contributed by atoms with van der Waals surface area (Å²) in [5.74, 6) is 0.585.